The zero-order chi connectivity index (χ0) is 15.3. The summed E-state index contributed by atoms with van der Waals surface area (Å²) in [7, 11) is 0. The van der Waals surface area contributed by atoms with Gasteiger partial charge >= 0.3 is 17.9 Å². The summed E-state index contributed by atoms with van der Waals surface area (Å²) in [6, 6.07) is -0.999. The molecule has 0 radical (unpaired) electrons. The predicted octanol–water partition coefficient (Wildman–Crippen LogP) is 1.27. The Morgan fingerprint density at radius 1 is 1.30 bits per heavy atom. The SMILES string of the molecule is Cc1nc(N[C@@H](CCCC(=O)O)C(=O)O)sc1C(=O)O. The molecule has 1 atom stereocenters. The number of aryl methyl sites for hydroxylation is 1. The summed E-state index contributed by atoms with van der Waals surface area (Å²) in [5.74, 6) is -3.25. The van der Waals surface area contributed by atoms with Gasteiger partial charge in [-0.05, 0) is 19.8 Å². The first-order valence-electron chi connectivity index (χ1n) is 5.73. The standard InChI is InChI=1S/C11H14N2O6S/c1-5-8(10(18)19)20-11(12-5)13-6(9(16)17)3-2-4-7(14)15/h6H,2-4H2,1H3,(H,12,13)(H,14,15)(H,16,17)(H,18,19)/t6-/m0/s1. The van der Waals surface area contributed by atoms with Crippen LogP contribution in [0.15, 0.2) is 0 Å². The van der Waals surface area contributed by atoms with Crippen molar-refractivity contribution >= 4 is 34.4 Å². The van der Waals surface area contributed by atoms with Gasteiger partial charge in [0.05, 0.1) is 5.69 Å². The summed E-state index contributed by atoms with van der Waals surface area (Å²) in [5.41, 5.74) is 0.305. The lowest BCUT2D eigenvalue weighted by atomic mass is 10.1. The van der Waals surface area contributed by atoms with Crippen LogP contribution < -0.4 is 5.32 Å². The highest BCUT2D eigenvalue weighted by Crippen LogP contribution is 2.23. The molecule has 1 rings (SSSR count). The number of carboxylic acid groups (broad SMARTS) is 3. The van der Waals surface area contributed by atoms with Crippen molar-refractivity contribution < 1.29 is 29.7 Å². The lowest BCUT2D eigenvalue weighted by Gasteiger charge is -2.12. The molecule has 0 unspecified atom stereocenters. The first kappa shape index (κ1) is 15.9. The molecule has 0 aromatic carbocycles. The number of hydrogen-bond donors (Lipinski definition) is 4. The molecule has 0 saturated heterocycles. The lowest BCUT2D eigenvalue weighted by Crippen LogP contribution is -2.29. The zero-order valence-electron chi connectivity index (χ0n) is 10.6. The van der Waals surface area contributed by atoms with Crippen molar-refractivity contribution in [1.29, 1.82) is 0 Å². The summed E-state index contributed by atoms with van der Waals surface area (Å²) < 4.78 is 0. The van der Waals surface area contributed by atoms with Crippen LogP contribution in [0, 0.1) is 6.92 Å². The molecular formula is C11H14N2O6S. The van der Waals surface area contributed by atoms with Gasteiger partial charge in [-0.25, -0.2) is 14.6 Å². The molecule has 0 fully saturated rings. The van der Waals surface area contributed by atoms with Crippen molar-refractivity contribution in [3.05, 3.63) is 10.6 Å². The van der Waals surface area contributed by atoms with Gasteiger partial charge in [-0.15, -0.1) is 0 Å². The molecular weight excluding hydrogens is 288 g/mol. The molecule has 9 heteroatoms. The van der Waals surface area contributed by atoms with Gasteiger partial charge in [0.1, 0.15) is 10.9 Å². The van der Waals surface area contributed by atoms with Crippen molar-refractivity contribution in [1.82, 2.24) is 4.98 Å². The van der Waals surface area contributed by atoms with E-state index in [9.17, 15) is 14.4 Å². The minimum atomic E-state index is -1.14. The molecule has 8 nitrogen and oxygen atoms in total. The van der Waals surface area contributed by atoms with Gasteiger partial charge in [0.25, 0.3) is 0 Å². The number of nitrogens with zero attached hydrogens (tertiary/aromatic N) is 1. The number of aromatic carboxylic acids is 1. The highest BCUT2D eigenvalue weighted by Gasteiger charge is 2.21. The Kier molecular flexibility index (Phi) is 5.44. The van der Waals surface area contributed by atoms with Crippen LogP contribution >= 0.6 is 11.3 Å². The topological polar surface area (TPSA) is 137 Å². The molecule has 1 aromatic heterocycles. The Balaban J connectivity index is 2.70. The van der Waals surface area contributed by atoms with Crippen LogP contribution in [0.4, 0.5) is 5.13 Å². The van der Waals surface area contributed by atoms with Crippen LogP contribution in [-0.2, 0) is 9.59 Å². The highest BCUT2D eigenvalue weighted by molar-refractivity contribution is 7.17. The van der Waals surface area contributed by atoms with E-state index in [4.69, 9.17) is 15.3 Å². The maximum absolute atomic E-state index is 11.1. The fourth-order valence-electron chi connectivity index (χ4n) is 1.52. The Hall–Kier alpha value is -2.16. The molecule has 1 aromatic rings. The first-order valence-corrected chi connectivity index (χ1v) is 6.54. The van der Waals surface area contributed by atoms with Crippen molar-refractivity contribution in [3.8, 4) is 0 Å². The molecule has 0 bridgehead atoms. The van der Waals surface area contributed by atoms with E-state index in [0.717, 1.165) is 11.3 Å². The molecule has 0 aliphatic carbocycles. The third kappa shape index (κ3) is 4.50. The summed E-state index contributed by atoms with van der Waals surface area (Å²) in [6.45, 7) is 1.52. The summed E-state index contributed by atoms with van der Waals surface area (Å²) >= 11 is 0.852. The smallest absolute Gasteiger partial charge is 0.347 e. The van der Waals surface area contributed by atoms with Crippen LogP contribution in [0.25, 0.3) is 0 Å². The summed E-state index contributed by atoms with van der Waals surface area (Å²) in [6.07, 6.45) is 0.195. The minimum Gasteiger partial charge on any atom is -0.481 e. The molecule has 110 valence electrons. The number of rotatable bonds is 8. The average Bonchev–Trinajstić information content (AvgIpc) is 2.68. The second kappa shape index (κ2) is 6.85. The number of aromatic nitrogens is 1. The van der Waals surface area contributed by atoms with Gasteiger partial charge in [-0.2, -0.15) is 0 Å². The van der Waals surface area contributed by atoms with Gasteiger partial charge < -0.3 is 20.6 Å². The molecule has 0 aliphatic rings. The van der Waals surface area contributed by atoms with E-state index >= 15 is 0 Å². The predicted molar refractivity (Wildman–Crippen MR) is 70.3 cm³/mol. The summed E-state index contributed by atoms with van der Waals surface area (Å²) in [4.78, 5) is 36.3. The fraction of sp³-hybridized carbons (Fsp3) is 0.455. The number of carboxylic acids is 3. The maximum Gasteiger partial charge on any atom is 0.347 e. The zero-order valence-corrected chi connectivity index (χ0v) is 11.4. The number of carbonyl (C=O) groups is 3. The Bertz CT molecular complexity index is 527. The van der Waals surface area contributed by atoms with Crippen LogP contribution in [0.3, 0.4) is 0 Å². The fourth-order valence-corrected chi connectivity index (χ4v) is 2.38. The average molecular weight is 302 g/mol. The van der Waals surface area contributed by atoms with E-state index in [0.29, 0.717) is 5.69 Å². The molecule has 0 aliphatic heterocycles. The van der Waals surface area contributed by atoms with Crippen LogP contribution in [0.2, 0.25) is 0 Å². The number of thiazole rings is 1. The second-order valence-corrected chi connectivity index (χ2v) is 5.06. The van der Waals surface area contributed by atoms with Crippen molar-refractivity contribution in [2.24, 2.45) is 0 Å². The van der Waals surface area contributed by atoms with Gasteiger partial charge in [-0.1, -0.05) is 11.3 Å². The summed E-state index contributed by atoms with van der Waals surface area (Å²) in [5, 5.41) is 29.3. The normalized spacial score (nSPS) is 11.8. The first-order chi connectivity index (χ1) is 9.31. The van der Waals surface area contributed by atoms with E-state index in [2.05, 4.69) is 10.3 Å². The second-order valence-electron chi connectivity index (χ2n) is 4.06. The van der Waals surface area contributed by atoms with E-state index in [1.54, 1.807) is 0 Å². The van der Waals surface area contributed by atoms with Gasteiger partial charge in [-0.3, -0.25) is 4.79 Å². The van der Waals surface area contributed by atoms with Crippen LogP contribution in [-0.4, -0.2) is 44.3 Å². The molecule has 20 heavy (non-hydrogen) atoms. The van der Waals surface area contributed by atoms with Crippen LogP contribution in [0.5, 0.6) is 0 Å². The molecule has 0 spiro atoms. The van der Waals surface area contributed by atoms with Gasteiger partial charge in [0, 0.05) is 6.42 Å². The van der Waals surface area contributed by atoms with Crippen LogP contribution in [0.1, 0.15) is 34.6 Å². The number of hydrogen-bond acceptors (Lipinski definition) is 6. The lowest BCUT2D eigenvalue weighted by molar-refractivity contribution is -0.139. The van der Waals surface area contributed by atoms with Crippen molar-refractivity contribution in [2.45, 2.75) is 32.2 Å². The molecule has 0 saturated carbocycles. The van der Waals surface area contributed by atoms with E-state index in [1.165, 1.54) is 6.92 Å². The number of aliphatic carboxylic acids is 2. The van der Waals surface area contributed by atoms with E-state index in [-0.39, 0.29) is 29.3 Å². The third-order valence-corrected chi connectivity index (χ3v) is 3.55. The monoisotopic (exact) mass is 302 g/mol. The Morgan fingerprint density at radius 2 is 1.95 bits per heavy atom. The Morgan fingerprint density at radius 3 is 2.40 bits per heavy atom. The Labute approximate surface area is 118 Å². The van der Waals surface area contributed by atoms with Crippen molar-refractivity contribution in [3.63, 3.8) is 0 Å². The molecule has 4 N–H and O–H groups in total. The number of nitrogens with one attached hydrogen (secondary N) is 1. The molecule has 0 amide bonds. The highest BCUT2D eigenvalue weighted by atomic mass is 32.1. The van der Waals surface area contributed by atoms with Crippen molar-refractivity contribution in [2.75, 3.05) is 5.32 Å². The molecule has 1 heterocycles. The van der Waals surface area contributed by atoms with Gasteiger partial charge in [0.15, 0.2) is 5.13 Å². The quantitative estimate of drug-likeness (QED) is 0.563. The number of anilines is 1. The maximum atomic E-state index is 11.1. The largest absolute Gasteiger partial charge is 0.481 e. The van der Waals surface area contributed by atoms with E-state index < -0.39 is 23.9 Å². The van der Waals surface area contributed by atoms with Gasteiger partial charge in [0.2, 0.25) is 0 Å². The van der Waals surface area contributed by atoms with E-state index in [1.807, 2.05) is 0 Å². The third-order valence-electron chi connectivity index (χ3n) is 2.47. The minimum absolute atomic E-state index is 0.0437.